The molecule has 5 nitrogen and oxygen atoms in total. The van der Waals surface area contributed by atoms with Gasteiger partial charge >= 0.3 is 0 Å². The second-order valence-corrected chi connectivity index (χ2v) is 4.53. The number of aromatic nitrogens is 2. The molecule has 2 N–H and O–H groups in total. The summed E-state index contributed by atoms with van der Waals surface area (Å²) >= 11 is 0. The van der Waals surface area contributed by atoms with E-state index in [-0.39, 0.29) is 11.8 Å². The lowest BCUT2D eigenvalue weighted by atomic mass is 9.91. The third-order valence-corrected chi connectivity index (χ3v) is 3.28. The lowest BCUT2D eigenvalue weighted by Crippen LogP contribution is -2.23. The maximum atomic E-state index is 11.6. The van der Waals surface area contributed by atoms with Crippen LogP contribution in [0.1, 0.15) is 24.8 Å². The standard InChI is InChI=1S/C13H14N4O/c1-7-6-9(18)16-12-10(7)8-4-3-5-15-11(8)13(14-2)17-12/h3-5,7H,6H2,1-2H3,(H2,14,16,17,18). The number of fused-ring (bicyclic) bond motifs is 3. The Morgan fingerprint density at radius 3 is 3.11 bits per heavy atom. The highest BCUT2D eigenvalue weighted by atomic mass is 16.1. The van der Waals surface area contributed by atoms with Gasteiger partial charge in [-0.05, 0) is 12.0 Å². The molecule has 18 heavy (non-hydrogen) atoms. The Kier molecular flexibility index (Phi) is 2.40. The van der Waals surface area contributed by atoms with Gasteiger partial charge in [0.15, 0.2) is 5.82 Å². The molecule has 92 valence electrons. The summed E-state index contributed by atoms with van der Waals surface area (Å²) in [6, 6.07) is 3.93. The molecule has 1 unspecified atom stereocenters. The predicted molar refractivity (Wildman–Crippen MR) is 70.7 cm³/mol. The monoisotopic (exact) mass is 242 g/mol. The van der Waals surface area contributed by atoms with Gasteiger partial charge in [0.25, 0.3) is 0 Å². The summed E-state index contributed by atoms with van der Waals surface area (Å²) in [5.74, 6) is 1.54. The number of pyridine rings is 2. The van der Waals surface area contributed by atoms with E-state index in [0.717, 1.165) is 16.5 Å². The molecule has 0 radical (unpaired) electrons. The zero-order chi connectivity index (χ0) is 12.7. The molecule has 3 heterocycles. The van der Waals surface area contributed by atoms with Gasteiger partial charge < -0.3 is 10.6 Å². The van der Waals surface area contributed by atoms with Crippen LogP contribution >= 0.6 is 0 Å². The van der Waals surface area contributed by atoms with E-state index in [4.69, 9.17) is 0 Å². The molecule has 0 fully saturated rings. The molecule has 5 heteroatoms. The van der Waals surface area contributed by atoms with Crippen molar-refractivity contribution in [1.29, 1.82) is 0 Å². The van der Waals surface area contributed by atoms with Gasteiger partial charge in [-0.1, -0.05) is 13.0 Å². The molecule has 0 aliphatic carbocycles. The highest BCUT2D eigenvalue weighted by Gasteiger charge is 2.26. The SMILES string of the molecule is CNc1nc2c(c3cccnc13)C(C)CC(=O)N2. The topological polar surface area (TPSA) is 66.9 Å². The van der Waals surface area contributed by atoms with E-state index >= 15 is 0 Å². The van der Waals surface area contributed by atoms with Crippen molar-refractivity contribution in [3.05, 3.63) is 23.9 Å². The number of anilines is 2. The lowest BCUT2D eigenvalue weighted by Gasteiger charge is -2.24. The predicted octanol–water partition coefficient (Wildman–Crippen LogP) is 2.12. The molecule has 1 aliphatic rings. The number of carbonyl (C=O) groups is 1. The van der Waals surface area contributed by atoms with E-state index in [0.29, 0.717) is 18.1 Å². The summed E-state index contributed by atoms with van der Waals surface area (Å²) in [5.41, 5.74) is 1.93. The molecular weight excluding hydrogens is 228 g/mol. The van der Waals surface area contributed by atoms with Crippen LogP contribution in [0.5, 0.6) is 0 Å². The third kappa shape index (κ3) is 1.51. The molecule has 1 aliphatic heterocycles. The third-order valence-electron chi connectivity index (χ3n) is 3.28. The molecule has 1 amide bonds. The summed E-state index contributed by atoms with van der Waals surface area (Å²) in [4.78, 5) is 20.4. The first-order valence-electron chi connectivity index (χ1n) is 5.97. The van der Waals surface area contributed by atoms with Gasteiger partial charge in [0.2, 0.25) is 5.91 Å². The first-order chi connectivity index (χ1) is 8.70. The van der Waals surface area contributed by atoms with Gasteiger partial charge in [0, 0.05) is 30.6 Å². The number of rotatable bonds is 1. The average molecular weight is 242 g/mol. The highest BCUT2D eigenvalue weighted by molar-refractivity contribution is 6.01. The maximum absolute atomic E-state index is 11.6. The second-order valence-electron chi connectivity index (χ2n) is 4.53. The second kappa shape index (κ2) is 3.94. The number of hydrogen-bond donors (Lipinski definition) is 2. The first-order valence-corrected chi connectivity index (χ1v) is 5.97. The average Bonchev–Trinajstić information content (AvgIpc) is 2.36. The van der Waals surface area contributed by atoms with Crippen LogP contribution < -0.4 is 10.6 Å². The molecule has 0 bridgehead atoms. The molecule has 3 rings (SSSR count). The fourth-order valence-corrected chi connectivity index (χ4v) is 2.50. The molecule has 0 spiro atoms. The highest BCUT2D eigenvalue weighted by Crippen LogP contribution is 2.37. The van der Waals surface area contributed by atoms with Gasteiger partial charge in [-0.25, -0.2) is 4.98 Å². The van der Waals surface area contributed by atoms with Crippen LogP contribution in [0.15, 0.2) is 18.3 Å². The molecule has 2 aromatic heterocycles. The molecular formula is C13H14N4O. The minimum atomic E-state index is 0.0211. The van der Waals surface area contributed by atoms with Crippen LogP contribution in [0, 0.1) is 0 Å². The van der Waals surface area contributed by atoms with Crippen molar-refractivity contribution >= 4 is 28.4 Å². The number of carbonyl (C=O) groups excluding carboxylic acids is 1. The minimum Gasteiger partial charge on any atom is -0.371 e. The maximum Gasteiger partial charge on any atom is 0.226 e. The van der Waals surface area contributed by atoms with Crippen LogP contribution in [0.3, 0.4) is 0 Å². The number of nitrogens with one attached hydrogen (secondary N) is 2. The Morgan fingerprint density at radius 2 is 2.33 bits per heavy atom. The Labute approximate surface area is 105 Å². The van der Waals surface area contributed by atoms with Crippen molar-refractivity contribution in [1.82, 2.24) is 9.97 Å². The molecule has 2 aromatic rings. The van der Waals surface area contributed by atoms with Crippen LogP contribution in [-0.4, -0.2) is 22.9 Å². The van der Waals surface area contributed by atoms with Crippen LogP contribution in [0.4, 0.5) is 11.6 Å². The number of hydrogen-bond acceptors (Lipinski definition) is 4. The van der Waals surface area contributed by atoms with E-state index in [1.54, 1.807) is 13.2 Å². The summed E-state index contributed by atoms with van der Waals surface area (Å²) in [6.07, 6.45) is 2.25. The van der Waals surface area contributed by atoms with Crippen molar-refractivity contribution in [2.24, 2.45) is 0 Å². The number of nitrogens with zero attached hydrogens (tertiary/aromatic N) is 2. The summed E-state index contributed by atoms with van der Waals surface area (Å²) in [6.45, 7) is 2.05. The van der Waals surface area contributed by atoms with Crippen molar-refractivity contribution < 1.29 is 4.79 Å². The zero-order valence-corrected chi connectivity index (χ0v) is 10.3. The van der Waals surface area contributed by atoms with Crippen molar-refractivity contribution in [2.45, 2.75) is 19.3 Å². The van der Waals surface area contributed by atoms with Crippen LogP contribution in [-0.2, 0) is 4.79 Å². The quantitative estimate of drug-likeness (QED) is 0.803. The van der Waals surface area contributed by atoms with Gasteiger partial charge in [-0.15, -0.1) is 0 Å². The first kappa shape index (κ1) is 11.0. The van der Waals surface area contributed by atoms with E-state index in [2.05, 4.69) is 20.6 Å². The summed E-state index contributed by atoms with van der Waals surface area (Å²) < 4.78 is 0. The smallest absolute Gasteiger partial charge is 0.226 e. The number of amides is 1. The Balaban J connectivity index is 2.37. The molecule has 0 saturated heterocycles. The van der Waals surface area contributed by atoms with E-state index in [1.165, 1.54) is 0 Å². The Bertz CT molecular complexity index is 638. The van der Waals surface area contributed by atoms with Gasteiger partial charge in [0.1, 0.15) is 11.3 Å². The summed E-state index contributed by atoms with van der Waals surface area (Å²) in [7, 11) is 1.80. The Morgan fingerprint density at radius 1 is 1.50 bits per heavy atom. The van der Waals surface area contributed by atoms with Crippen molar-refractivity contribution in [3.8, 4) is 0 Å². The van der Waals surface area contributed by atoms with Crippen molar-refractivity contribution in [3.63, 3.8) is 0 Å². The van der Waals surface area contributed by atoms with Gasteiger partial charge in [-0.2, -0.15) is 0 Å². The van der Waals surface area contributed by atoms with Gasteiger partial charge in [-0.3, -0.25) is 9.78 Å². The van der Waals surface area contributed by atoms with Gasteiger partial charge in [0.05, 0.1) is 0 Å². The van der Waals surface area contributed by atoms with E-state index in [1.807, 2.05) is 19.1 Å². The normalized spacial score (nSPS) is 18.3. The molecule has 0 aromatic carbocycles. The Hall–Kier alpha value is -2.17. The van der Waals surface area contributed by atoms with Crippen molar-refractivity contribution in [2.75, 3.05) is 17.7 Å². The minimum absolute atomic E-state index is 0.0211. The zero-order valence-electron chi connectivity index (χ0n) is 10.3. The molecule has 1 atom stereocenters. The van der Waals surface area contributed by atoms with Crippen LogP contribution in [0.2, 0.25) is 0 Å². The van der Waals surface area contributed by atoms with E-state index < -0.39 is 0 Å². The molecule has 0 saturated carbocycles. The van der Waals surface area contributed by atoms with Crippen LogP contribution in [0.25, 0.3) is 10.9 Å². The fourth-order valence-electron chi connectivity index (χ4n) is 2.50. The largest absolute Gasteiger partial charge is 0.371 e. The fraction of sp³-hybridized carbons (Fsp3) is 0.308. The lowest BCUT2D eigenvalue weighted by molar-refractivity contribution is -0.116. The summed E-state index contributed by atoms with van der Waals surface area (Å²) in [5, 5.41) is 6.92. The van der Waals surface area contributed by atoms with E-state index in [9.17, 15) is 4.79 Å².